The lowest BCUT2D eigenvalue weighted by molar-refractivity contribution is 0.0403. The fourth-order valence-corrected chi connectivity index (χ4v) is 2.76. The SMILES string of the molecule is CCCNCc1ccoc1CN(C)CC1CCCOC1. The van der Waals surface area contributed by atoms with E-state index in [1.807, 2.05) is 0 Å². The largest absolute Gasteiger partial charge is 0.468 e. The molecule has 1 aromatic rings. The average Bonchev–Trinajstić information content (AvgIpc) is 2.87. The summed E-state index contributed by atoms with van der Waals surface area (Å²) < 4.78 is 11.2. The Balaban J connectivity index is 1.78. The van der Waals surface area contributed by atoms with Crippen molar-refractivity contribution in [1.29, 1.82) is 0 Å². The van der Waals surface area contributed by atoms with Crippen LogP contribution >= 0.6 is 0 Å². The van der Waals surface area contributed by atoms with Crippen LogP contribution in [0.3, 0.4) is 0 Å². The lowest BCUT2D eigenvalue weighted by atomic mass is 10.0. The third kappa shape index (κ3) is 4.93. The summed E-state index contributed by atoms with van der Waals surface area (Å²) in [7, 11) is 2.17. The van der Waals surface area contributed by atoms with Gasteiger partial charge in [-0.05, 0) is 44.8 Å². The van der Waals surface area contributed by atoms with Crippen LogP contribution in [-0.2, 0) is 17.8 Å². The van der Waals surface area contributed by atoms with E-state index in [9.17, 15) is 0 Å². The molecule has 0 aromatic carbocycles. The van der Waals surface area contributed by atoms with Crippen LogP contribution in [0.1, 0.15) is 37.5 Å². The molecular weight excluding hydrogens is 252 g/mol. The molecule has 0 bridgehead atoms. The number of nitrogens with one attached hydrogen (secondary N) is 1. The van der Waals surface area contributed by atoms with E-state index in [0.717, 1.165) is 51.6 Å². The molecule has 2 rings (SSSR count). The highest BCUT2D eigenvalue weighted by atomic mass is 16.5. The summed E-state index contributed by atoms with van der Waals surface area (Å²) in [5.74, 6) is 1.76. The molecule has 0 amide bonds. The minimum Gasteiger partial charge on any atom is -0.468 e. The standard InChI is InChI=1S/C16H28N2O2/c1-3-7-17-10-15-6-9-20-16(15)12-18(2)11-14-5-4-8-19-13-14/h6,9,14,17H,3-5,7-8,10-13H2,1-2H3. The third-order valence-electron chi connectivity index (χ3n) is 3.82. The Bertz CT molecular complexity index is 372. The van der Waals surface area contributed by atoms with Gasteiger partial charge in [0.05, 0.1) is 19.4 Å². The van der Waals surface area contributed by atoms with Gasteiger partial charge < -0.3 is 14.5 Å². The summed E-state index contributed by atoms with van der Waals surface area (Å²) in [5, 5.41) is 3.43. The molecule has 1 fully saturated rings. The van der Waals surface area contributed by atoms with Crippen LogP contribution in [0.2, 0.25) is 0 Å². The van der Waals surface area contributed by atoms with Gasteiger partial charge in [0.25, 0.3) is 0 Å². The van der Waals surface area contributed by atoms with Gasteiger partial charge in [0.1, 0.15) is 5.76 Å². The lowest BCUT2D eigenvalue weighted by Crippen LogP contribution is -2.30. The maximum Gasteiger partial charge on any atom is 0.122 e. The zero-order valence-corrected chi connectivity index (χ0v) is 12.9. The van der Waals surface area contributed by atoms with E-state index in [1.54, 1.807) is 6.26 Å². The van der Waals surface area contributed by atoms with Crippen molar-refractivity contribution in [2.75, 3.05) is 33.4 Å². The molecule has 2 heterocycles. The van der Waals surface area contributed by atoms with Gasteiger partial charge in [0.2, 0.25) is 0 Å². The van der Waals surface area contributed by atoms with Crippen molar-refractivity contribution < 1.29 is 9.15 Å². The highest BCUT2D eigenvalue weighted by Crippen LogP contribution is 2.17. The van der Waals surface area contributed by atoms with Gasteiger partial charge in [0, 0.05) is 25.3 Å². The first-order valence-corrected chi connectivity index (χ1v) is 7.81. The minimum absolute atomic E-state index is 0.672. The van der Waals surface area contributed by atoms with Crippen molar-refractivity contribution in [3.05, 3.63) is 23.7 Å². The van der Waals surface area contributed by atoms with Crippen molar-refractivity contribution >= 4 is 0 Å². The van der Waals surface area contributed by atoms with Gasteiger partial charge in [-0.15, -0.1) is 0 Å². The van der Waals surface area contributed by atoms with E-state index < -0.39 is 0 Å². The van der Waals surface area contributed by atoms with Gasteiger partial charge in [-0.1, -0.05) is 6.92 Å². The Morgan fingerprint density at radius 3 is 3.10 bits per heavy atom. The highest BCUT2D eigenvalue weighted by molar-refractivity contribution is 5.16. The van der Waals surface area contributed by atoms with Gasteiger partial charge in [-0.25, -0.2) is 0 Å². The van der Waals surface area contributed by atoms with Crippen molar-refractivity contribution in [1.82, 2.24) is 10.2 Å². The fourth-order valence-electron chi connectivity index (χ4n) is 2.76. The summed E-state index contributed by atoms with van der Waals surface area (Å²) in [5.41, 5.74) is 1.28. The molecule has 0 aliphatic carbocycles. The monoisotopic (exact) mass is 280 g/mol. The predicted molar refractivity (Wildman–Crippen MR) is 80.6 cm³/mol. The van der Waals surface area contributed by atoms with Gasteiger partial charge in [0.15, 0.2) is 0 Å². The molecule has 1 unspecified atom stereocenters. The van der Waals surface area contributed by atoms with Crippen molar-refractivity contribution in [3.63, 3.8) is 0 Å². The summed E-state index contributed by atoms with van der Waals surface area (Å²) in [6, 6.07) is 2.08. The van der Waals surface area contributed by atoms with E-state index in [0.29, 0.717) is 5.92 Å². The minimum atomic E-state index is 0.672. The van der Waals surface area contributed by atoms with Gasteiger partial charge in [-0.2, -0.15) is 0 Å². The summed E-state index contributed by atoms with van der Waals surface area (Å²) in [6.45, 7) is 7.96. The third-order valence-corrected chi connectivity index (χ3v) is 3.82. The summed E-state index contributed by atoms with van der Waals surface area (Å²) in [6.07, 6.45) is 5.45. The average molecular weight is 280 g/mol. The molecule has 1 atom stereocenters. The normalized spacial score (nSPS) is 19.6. The van der Waals surface area contributed by atoms with Crippen LogP contribution in [0.15, 0.2) is 16.7 Å². The molecule has 0 spiro atoms. The van der Waals surface area contributed by atoms with E-state index in [2.05, 4.69) is 30.3 Å². The number of hydrogen-bond acceptors (Lipinski definition) is 4. The summed E-state index contributed by atoms with van der Waals surface area (Å²) >= 11 is 0. The quantitative estimate of drug-likeness (QED) is 0.743. The van der Waals surface area contributed by atoms with E-state index in [-0.39, 0.29) is 0 Å². The number of rotatable bonds is 8. The fraction of sp³-hybridized carbons (Fsp3) is 0.750. The molecule has 0 saturated carbocycles. The zero-order valence-electron chi connectivity index (χ0n) is 12.9. The van der Waals surface area contributed by atoms with E-state index in [4.69, 9.17) is 9.15 Å². The number of ether oxygens (including phenoxy) is 1. The second-order valence-electron chi connectivity index (χ2n) is 5.83. The number of furan rings is 1. The number of hydrogen-bond donors (Lipinski definition) is 1. The first kappa shape index (κ1) is 15.5. The lowest BCUT2D eigenvalue weighted by Gasteiger charge is -2.26. The summed E-state index contributed by atoms with van der Waals surface area (Å²) in [4.78, 5) is 2.35. The molecular formula is C16H28N2O2. The van der Waals surface area contributed by atoms with Crippen molar-refractivity contribution in [2.24, 2.45) is 5.92 Å². The van der Waals surface area contributed by atoms with Crippen LogP contribution in [0.5, 0.6) is 0 Å². The van der Waals surface area contributed by atoms with E-state index in [1.165, 1.54) is 18.4 Å². The first-order valence-electron chi connectivity index (χ1n) is 7.81. The van der Waals surface area contributed by atoms with Crippen LogP contribution in [0.25, 0.3) is 0 Å². The molecule has 1 aliphatic rings. The highest BCUT2D eigenvalue weighted by Gasteiger charge is 2.17. The first-order chi connectivity index (χ1) is 9.79. The van der Waals surface area contributed by atoms with Crippen LogP contribution < -0.4 is 5.32 Å². The molecule has 4 nitrogen and oxygen atoms in total. The molecule has 1 N–H and O–H groups in total. The molecule has 0 radical (unpaired) electrons. The Morgan fingerprint density at radius 2 is 2.35 bits per heavy atom. The Labute approximate surface area is 122 Å². The smallest absolute Gasteiger partial charge is 0.122 e. The zero-order chi connectivity index (χ0) is 14.2. The molecule has 1 aliphatic heterocycles. The van der Waals surface area contributed by atoms with Crippen molar-refractivity contribution in [2.45, 2.75) is 39.3 Å². The maximum absolute atomic E-state index is 5.64. The second-order valence-corrected chi connectivity index (χ2v) is 5.83. The molecule has 1 saturated heterocycles. The van der Waals surface area contributed by atoms with E-state index >= 15 is 0 Å². The maximum atomic E-state index is 5.64. The van der Waals surface area contributed by atoms with Crippen LogP contribution in [0.4, 0.5) is 0 Å². The van der Waals surface area contributed by atoms with Gasteiger partial charge in [-0.3, -0.25) is 4.90 Å². The topological polar surface area (TPSA) is 37.6 Å². The second kappa shape index (κ2) is 8.45. The number of nitrogens with zero attached hydrogens (tertiary/aromatic N) is 1. The molecule has 114 valence electrons. The Kier molecular flexibility index (Phi) is 6.57. The Hall–Kier alpha value is -0.840. The molecule has 1 aromatic heterocycles. The van der Waals surface area contributed by atoms with Gasteiger partial charge >= 0.3 is 0 Å². The molecule has 4 heteroatoms. The van der Waals surface area contributed by atoms with Crippen LogP contribution in [-0.4, -0.2) is 38.3 Å². The molecule has 20 heavy (non-hydrogen) atoms. The van der Waals surface area contributed by atoms with Crippen molar-refractivity contribution in [3.8, 4) is 0 Å². The van der Waals surface area contributed by atoms with Crippen LogP contribution in [0, 0.1) is 5.92 Å². The Morgan fingerprint density at radius 1 is 1.45 bits per heavy atom. The predicted octanol–water partition coefficient (Wildman–Crippen LogP) is 2.64.